The number of amides is 1. The summed E-state index contributed by atoms with van der Waals surface area (Å²) in [7, 11) is 3.50. The Bertz CT molecular complexity index is 654. The summed E-state index contributed by atoms with van der Waals surface area (Å²) < 4.78 is 5.10. The molecule has 8 heteroatoms. The van der Waals surface area contributed by atoms with E-state index in [1.165, 1.54) is 6.33 Å². The van der Waals surface area contributed by atoms with Crippen molar-refractivity contribution in [1.29, 1.82) is 0 Å². The van der Waals surface area contributed by atoms with Crippen molar-refractivity contribution in [3.8, 4) is 0 Å². The molecule has 0 aliphatic heterocycles. The fraction of sp³-hybridized carbons (Fsp3) is 0.571. The molecule has 0 radical (unpaired) electrons. The topological polar surface area (TPSA) is 87.2 Å². The average molecular weight is 304 g/mol. The van der Waals surface area contributed by atoms with Crippen molar-refractivity contribution >= 4 is 22.9 Å². The highest BCUT2D eigenvalue weighted by Crippen LogP contribution is 2.27. The van der Waals surface area contributed by atoms with Crippen molar-refractivity contribution in [1.82, 2.24) is 24.8 Å². The van der Waals surface area contributed by atoms with Crippen LogP contribution in [0.2, 0.25) is 0 Å². The summed E-state index contributed by atoms with van der Waals surface area (Å²) in [4.78, 5) is 31.8. The molecule has 1 amide bonds. The minimum absolute atomic E-state index is 0.0910. The molecule has 0 saturated heterocycles. The predicted octanol–water partition coefficient (Wildman–Crippen LogP) is 0.427. The molecule has 2 heterocycles. The molecule has 1 saturated carbocycles. The molecule has 2 aromatic rings. The van der Waals surface area contributed by atoms with E-state index < -0.39 is 0 Å². The Morgan fingerprint density at radius 1 is 1.41 bits per heavy atom. The van der Waals surface area contributed by atoms with Crippen LogP contribution in [-0.4, -0.2) is 70.6 Å². The van der Waals surface area contributed by atoms with Gasteiger partial charge in [0.2, 0.25) is 5.91 Å². The highest BCUT2D eigenvalue weighted by Gasteiger charge is 2.32. The maximum Gasteiger partial charge on any atom is 0.242 e. The van der Waals surface area contributed by atoms with Gasteiger partial charge in [-0.15, -0.1) is 0 Å². The zero-order valence-electron chi connectivity index (χ0n) is 12.8. The van der Waals surface area contributed by atoms with E-state index >= 15 is 0 Å². The summed E-state index contributed by atoms with van der Waals surface area (Å²) in [6.45, 7) is 1.46. The van der Waals surface area contributed by atoms with Gasteiger partial charge in [0.15, 0.2) is 11.5 Å². The summed E-state index contributed by atoms with van der Waals surface area (Å²) in [6, 6.07) is 0.369. The highest BCUT2D eigenvalue weighted by atomic mass is 16.5. The number of likely N-dealkylation sites (N-methyl/N-ethyl adjacent to an activating group) is 1. The second-order valence-electron chi connectivity index (χ2n) is 5.47. The number of fused-ring (bicyclic) bond motifs is 1. The Kier molecular flexibility index (Phi) is 4.19. The van der Waals surface area contributed by atoms with E-state index in [-0.39, 0.29) is 12.5 Å². The molecule has 1 fully saturated rings. The molecule has 0 aromatic carbocycles. The van der Waals surface area contributed by atoms with Crippen LogP contribution in [0, 0.1) is 0 Å². The molecule has 2 aromatic heterocycles. The van der Waals surface area contributed by atoms with Crippen molar-refractivity contribution < 1.29 is 9.53 Å². The van der Waals surface area contributed by atoms with Gasteiger partial charge in [0, 0.05) is 26.7 Å². The number of carbonyl (C=O) groups excluding carboxylic acids is 1. The summed E-state index contributed by atoms with van der Waals surface area (Å²) in [5, 5.41) is 0. The van der Waals surface area contributed by atoms with Crippen LogP contribution in [0.1, 0.15) is 12.8 Å². The summed E-state index contributed by atoms with van der Waals surface area (Å²) in [6.07, 6.45) is 5.20. The first-order valence-electron chi connectivity index (χ1n) is 7.34. The standard InChI is InChI=1S/C14H20N6O2/c1-19(14-12-13(16-8-15-12)17-9-18-14)7-11(21)20(5-6-22-2)10-3-4-10/h8-10H,3-7H2,1-2H3,(H,15,16,17,18). The van der Waals surface area contributed by atoms with E-state index in [4.69, 9.17) is 4.74 Å². The SMILES string of the molecule is COCCN(C(=O)CN(C)c1ncnc2nc[nH]c12)C1CC1. The Morgan fingerprint density at radius 2 is 2.23 bits per heavy atom. The third kappa shape index (κ3) is 3.01. The number of hydrogen-bond donors (Lipinski definition) is 1. The second kappa shape index (κ2) is 6.27. The quantitative estimate of drug-likeness (QED) is 0.798. The van der Waals surface area contributed by atoms with Crippen LogP contribution in [0.25, 0.3) is 11.2 Å². The van der Waals surface area contributed by atoms with Gasteiger partial charge >= 0.3 is 0 Å². The third-order valence-corrected chi connectivity index (χ3v) is 3.78. The van der Waals surface area contributed by atoms with Crippen LogP contribution in [-0.2, 0) is 9.53 Å². The number of aromatic nitrogens is 4. The van der Waals surface area contributed by atoms with Crippen LogP contribution < -0.4 is 4.90 Å². The van der Waals surface area contributed by atoms with E-state index in [2.05, 4.69) is 19.9 Å². The number of hydrogen-bond acceptors (Lipinski definition) is 6. The lowest BCUT2D eigenvalue weighted by Gasteiger charge is -2.25. The van der Waals surface area contributed by atoms with Crippen molar-refractivity contribution in [3.63, 3.8) is 0 Å². The van der Waals surface area contributed by atoms with Gasteiger partial charge in [-0.05, 0) is 12.8 Å². The lowest BCUT2D eigenvalue weighted by atomic mass is 10.3. The smallest absolute Gasteiger partial charge is 0.242 e. The number of nitrogens with zero attached hydrogens (tertiary/aromatic N) is 5. The normalized spacial score (nSPS) is 14.3. The van der Waals surface area contributed by atoms with Crippen LogP contribution >= 0.6 is 0 Å². The van der Waals surface area contributed by atoms with E-state index in [0.29, 0.717) is 30.7 Å². The van der Waals surface area contributed by atoms with Crippen LogP contribution in [0.5, 0.6) is 0 Å². The summed E-state index contributed by atoms with van der Waals surface area (Å²) in [5.74, 6) is 0.770. The Labute approximate surface area is 128 Å². The fourth-order valence-electron chi connectivity index (χ4n) is 2.50. The Hall–Kier alpha value is -2.22. The van der Waals surface area contributed by atoms with Crippen LogP contribution in [0.4, 0.5) is 5.82 Å². The number of anilines is 1. The molecule has 0 bridgehead atoms. The Balaban J connectivity index is 1.71. The molecule has 0 unspecified atom stereocenters. The van der Waals surface area contributed by atoms with E-state index in [1.807, 2.05) is 16.8 Å². The number of ether oxygens (including phenoxy) is 1. The van der Waals surface area contributed by atoms with Gasteiger partial charge in [-0.3, -0.25) is 4.79 Å². The molecule has 8 nitrogen and oxygen atoms in total. The Morgan fingerprint density at radius 3 is 2.95 bits per heavy atom. The van der Waals surface area contributed by atoms with Crippen LogP contribution in [0.3, 0.4) is 0 Å². The summed E-state index contributed by atoms with van der Waals surface area (Å²) >= 11 is 0. The maximum absolute atomic E-state index is 12.5. The van der Waals surface area contributed by atoms with E-state index in [1.54, 1.807) is 13.4 Å². The van der Waals surface area contributed by atoms with Gasteiger partial charge in [0.05, 0.1) is 19.5 Å². The number of nitrogens with one attached hydrogen (secondary N) is 1. The van der Waals surface area contributed by atoms with Gasteiger partial charge in [0.25, 0.3) is 0 Å². The minimum Gasteiger partial charge on any atom is -0.383 e. The lowest BCUT2D eigenvalue weighted by Crippen LogP contribution is -2.42. The number of methoxy groups -OCH3 is 1. The molecular formula is C14H20N6O2. The molecule has 118 valence electrons. The number of imidazole rings is 1. The molecule has 22 heavy (non-hydrogen) atoms. The molecule has 1 aliphatic rings. The second-order valence-corrected chi connectivity index (χ2v) is 5.47. The van der Waals surface area contributed by atoms with E-state index in [9.17, 15) is 4.79 Å². The number of aromatic amines is 1. The maximum atomic E-state index is 12.5. The lowest BCUT2D eigenvalue weighted by molar-refractivity contribution is -0.130. The molecule has 0 atom stereocenters. The highest BCUT2D eigenvalue weighted by molar-refractivity contribution is 5.87. The zero-order valence-corrected chi connectivity index (χ0v) is 12.8. The van der Waals surface area contributed by atoms with Crippen molar-refractivity contribution in [2.45, 2.75) is 18.9 Å². The van der Waals surface area contributed by atoms with Crippen molar-refractivity contribution in [2.75, 3.05) is 38.8 Å². The van der Waals surface area contributed by atoms with Gasteiger partial charge in [-0.25, -0.2) is 15.0 Å². The third-order valence-electron chi connectivity index (χ3n) is 3.78. The zero-order chi connectivity index (χ0) is 15.5. The van der Waals surface area contributed by atoms with Gasteiger partial charge < -0.3 is 19.5 Å². The van der Waals surface area contributed by atoms with Gasteiger partial charge in [0.1, 0.15) is 11.8 Å². The van der Waals surface area contributed by atoms with Gasteiger partial charge in [-0.2, -0.15) is 0 Å². The summed E-state index contributed by atoms with van der Waals surface area (Å²) in [5.41, 5.74) is 1.34. The van der Waals surface area contributed by atoms with Crippen molar-refractivity contribution in [3.05, 3.63) is 12.7 Å². The molecule has 1 aliphatic carbocycles. The first kappa shape index (κ1) is 14.7. The fourth-order valence-corrected chi connectivity index (χ4v) is 2.50. The molecular weight excluding hydrogens is 284 g/mol. The number of H-pyrrole nitrogens is 1. The first-order valence-corrected chi connectivity index (χ1v) is 7.34. The molecule has 0 spiro atoms. The van der Waals surface area contributed by atoms with E-state index in [0.717, 1.165) is 18.4 Å². The van der Waals surface area contributed by atoms with Gasteiger partial charge in [-0.1, -0.05) is 0 Å². The minimum atomic E-state index is 0.0910. The first-order chi connectivity index (χ1) is 10.7. The molecule has 3 rings (SSSR count). The predicted molar refractivity (Wildman–Crippen MR) is 81.6 cm³/mol. The number of carbonyl (C=O) groups is 1. The largest absolute Gasteiger partial charge is 0.383 e. The monoisotopic (exact) mass is 304 g/mol. The molecule has 1 N–H and O–H groups in total. The van der Waals surface area contributed by atoms with Crippen molar-refractivity contribution in [2.24, 2.45) is 0 Å². The van der Waals surface area contributed by atoms with Crippen LogP contribution in [0.15, 0.2) is 12.7 Å². The number of rotatable bonds is 7. The average Bonchev–Trinajstić information content (AvgIpc) is 3.23.